The molecule has 2 amide bonds. The standard InChI is InChI=1S/C18H20ClN3O5S/c19-13-8-9-14(12-5-2-1-3-6-12)16(11-13)28(26,27)22-15(17(23)24)7-4-10-21-18(20)25/h1-3,5-6,8-9,11,15,22H,4,7,10H2,(H,23,24)(H3,20,21,25)/t15-/m1/s1. The Labute approximate surface area is 167 Å². The van der Waals surface area contributed by atoms with Crippen LogP contribution in [0.5, 0.6) is 0 Å². The molecule has 0 saturated carbocycles. The molecule has 28 heavy (non-hydrogen) atoms. The molecule has 2 rings (SSSR count). The predicted octanol–water partition coefficient (Wildman–Crippen LogP) is 2.19. The lowest BCUT2D eigenvalue weighted by atomic mass is 10.1. The number of rotatable bonds is 9. The van der Waals surface area contributed by atoms with Crippen LogP contribution in [-0.2, 0) is 14.8 Å². The van der Waals surface area contributed by atoms with Crippen molar-refractivity contribution in [3.63, 3.8) is 0 Å². The number of amides is 2. The Kier molecular flexibility index (Phi) is 7.38. The van der Waals surface area contributed by atoms with Crippen molar-refractivity contribution in [1.82, 2.24) is 10.0 Å². The number of sulfonamides is 1. The van der Waals surface area contributed by atoms with Crippen molar-refractivity contribution >= 4 is 33.6 Å². The van der Waals surface area contributed by atoms with Crippen molar-refractivity contribution in [3.05, 3.63) is 53.6 Å². The third-order valence-corrected chi connectivity index (χ3v) is 5.63. The lowest BCUT2D eigenvalue weighted by Gasteiger charge is -2.17. The first-order valence-electron chi connectivity index (χ1n) is 8.34. The highest BCUT2D eigenvalue weighted by Crippen LogP contribution is 2.30. The van der Waals surface area contributed by atoms with Crippen molar-refractivity contribution in [3.8, 4) is 11.1 Å². The number of nitrogens with one attached hydrogen (secondary N) is 2. The van der Waals surface area contributed by atoms with Gasteiger partial charge in [-0.2, -0.15) is 4.72 Å². The molecule has 0 bridgehead atoms. The van der Waals surface area contributed by atoms with Gasteiger partial charge in [-0.05, 0) is 30.5 Å². The summed E-state index contributed by atoms with van der Waals surface area (Å²) in [7, 11) is -4.19. The van der Waals surface area contributed by atoms with E-state index in [9.17, 15) is 23.1 Å². The maximum atomic E-state index is 12.9. The van der Waals surface area contributed by atoms with Crippen molar-refractivity contribution in [2.45, 2.75) is 23.8 Å². The van der Waals surface area contributed by atoms with Crippen molar-refractivity contribution in [1.29, 1.82) is 0 Å². The Hall–Kier alpha value is -2.62. The molecule has 10 heteroatoms. The maximum Gasteiger partial charge on any atom is 0.321 e. The summed E-state index contributed by atoms with van der Waals surface area (Å²) in [6.45, 7) is 0.132. The smallest absolute Gasteiger partial charge is 0.321 e. The summed E-state index contributed by atoms with van der Waals surface area (Å²) < 4.78 is 28.0. The van der Waals surface area contributed by atoms with Crippen LogP contribution in [0.4, 0.5) is 4.79 Å². The van der Waals surface area contributed by atoms with Crippen LogP contribution in [0, 0.1) is 0 Å². The summed E-state index contributed by atoms with van der Waals surface area (Å²) >= 11 is 5.98. The molecule has 2 aromatic carbocycles. The molecule has 0 aromatic heterocycles. The molecule has 0 unspecified atom stereocenters. The number of benzene rings is 2. The zero-order chi connectivity index (χ0) is 20.7. The number of urea groups is 1. The molecule has 8 nitrogen and oxygen atoms in total. The van der Waals surface area contributed by atoms with Crippen LogP contribution in [0.2, 0.25) is 5.02 Å². The summed E-state index contributed by atoms with van der Waals surface area (Å²) in [6, 6.07) is 11.1. The highest BCUT2D eigenvalue weighted by atomic mass is 35.5. The Morgan fingerprint density at radius 3 is 2.43 bits per heavy atom. The van der Waals surface area contributed by atoms with Gasteiger partial charge in [0.15, 0.2) is 0 Å². The van der Waals surface area contributed by atoms with Crippen LogP contribution in [-0.4, -0.2) is 38.1 Å². The summed E-state index contributed by atoms with van der Waals surface area (Å²) in [5.41, 5.74) is 5.99. The first-order valence-corrected chi connectivity index (χ1v) is 10.2. The van der Waals surface area contributed by atoms with E-state index in [1.807, 2.05) is 0 Å². The van der Waals surface area contributed by atoms with Crippen molar-refractivity contribution in [2.75, 3.05) is 6.54 Å². The van der Waals surface area contributed by atoms with E-state index in [4.69, 9.17) is 17.3 Å². The molecule has 0 aliphatic carbocycles. The zero-order valence-corrected chi connectivity index (χ0v) is 16.3. The van der Waals surface area contributed by atoms with E-state index in [2.05, 4.69) is 10.0 Å². The number of primary amides is 1. The Morgan fingerprint density at radius 1 is 1.14 bits per heavy atom. The molecule has 150 valence electrons. The van der Waals surface area contributed by atoms with Crippen LogP contribution in [0.1, 0.15) is 12.8 Å². The fourth-order valence-electron chi connectivity index (χ4n) is 2.58. The molecular weight excluding hydrogens is 406 g/mol. The molecule has 2 aromatic rings. The molecular formula is C18H20ClN3O5S. The second kappa shape index (κ2) is 9.54. The van der Waals surface area contributed by atoms with Crippen LogP contribution < -0.4 is 15.8 Å². The van der Waals surface area contributed by atoms with Gasteiger partial charge in [-0.3, -0.25) is 4.79 Å². The number of carbonyl (C=O) groups excluding carboxylic acids is 1. The van der Waals surface area contributed by atoms with Gasteiger partial charge in [0.2, 0.25) is 10.0 Å². The number of hydrogen-bond acceptors (Lipinski definition) is 4. The number of carboxylic acid groups (broad SMARTS) is 1. The van der Waals surface area contributed by atoms with Crippen LogP contribution in [0.25, 0.3) is 11.1 Å². The van der Waals surface area contributed by atoms with Crippen LogP contribution >= 0.6 is 11.6 Å². The SMILES string of the molecule is NC(=O)NCCC[C@@H](NS(=O)(=O)c1cc(Cl)ccc1-c1ccccc1)C(=O)O. The fourth-order valence-corrected chi connectivity index (χ4v) is 4.29. The lowest BCUT2D eigenvalue weighted by Crippen LogP contribution is -2.41. The molecule has 0 aliphatic rings. The summed E-state index contributed by atoms with van der Waals surface area (Å²) in [5.74, 6) is -1.33. The summed E-state index contributed by atoms with van der Waals surface area (Å²) in [5, 5.41) is 11.9. The third kappa shape index (κ3) is 5.95. The van der Waals surface area contributed by atoms with Gasteiger partial charge in [0, 0.05) is 17.1 Å². The van der Waals surface area contributed by atoms with Gasteiger partial charge in [-0.1, -0.05) is 48.0 Å². The second-order valence-corrected chi connectivity index (χ2v) is 8.07. The number of halogens is 1. The highest BCUT2D eigenvalue weighted by Gasteiger charge is 2.27. The first kappa shape index (κ1) is 21.7. The van der Waals surface area contributed by atoms with E-state index in [0.717, 1.165) is 0 Å². The number of carbonyl (C=O) groups is 2. The van der Waals surface area contributed by atoms with Crippen molar-refractivity contribution < 1.29 is 23.1 Å². The molecule has 5 N–H and O–H groups in total. The molecule has 0 aliphatic heterocycles. The number of nitrogens with two attached hydrogens (primary N) is 1. The molecule has 0 heterocycles. The average molecular weight is 426 g/mol. The van der Waals surface area contributed by atoms with Gasteiger partial charge in [-0.25, -0.2) is 13.2 Å². The van der Waals surface area contributed by atoms with Gasteiger partial charge in [-0.15, -0.1) is 0 Å². The molecule has 0 spiro atoms. The minimum Gasteiger partial charge on any atom is -0.480 e. The number of carboxylic acids is 1. The topological polar surface area (TPSA) is 139 Å². The summed E-state index contributed by atoms with van der Waals surface area (Å²) in [6.07, 6.45) is 0.194. The van der Waals surface area contributed by atoms with Gasteiger partial charge < -0.3 is 16.2 Å². The molecule has 0 radical (unpaired) electrons. The number of hydrogen-bond donors (Lipinski definition) is 4. The van der Waals surface area contributed by atoms with E-state index >= 15 is 0 Å². The number of aliphatic carboxylic acids is 1. The minimum atomic E-state index is -4.19. The van der Waals surface area contributed by atoms with Crippen LogP contribution in [0.15, 0.2) is 53.4 Å². The quantitative estimate of drug-likeness (QED) is 0.456. The Bertz CT molecular complexity index is 951. The summed E-state index contributed by atoms with van der Waals surface area (Å²) in [4.78, 5) is 22.0. The van der Waals surface area contributed by atoms with E-state index in [-0.39, 0.29) is 29.3 Å². The van der Waals surface area contributed by atoms with E-state index in [1.165, 1.54) is 6.07 Å². The average Bonchev–Trinajstić information content (AvgIpc) is 2.64. The molecule has 1 atom stereocenters. The minimum absolute atomic E-state index is 0.0317. The van der Waals surface area contributed by atoms with E-state index in [0.29, 0.717) is 11.1 Å². The third-order valence-electron chi connectivity index (χ3n) is 3.88. The van der Waals surface area contributed by atoms with Crippen molar-refractivity contribution in [2.24, 2.45) is 5.73 Å². The molecule has 0 fully saturated rings. The highest BCUT2D eigenvalue weighted by molar-refractivity contribution is 7.89. The Morgan fingerprint density at radius 2 is 1.82 bits per heavy atom. The molecule has 0 saturated heterocycles. The lowest BCUT2D eigenvalue weighted by molar-refractivity contribution is -0.139. The van der Waals surface area contributed by atoms with E-state index in [1.54, 1.807) is 42.5 Å². The second-order valence-electron chi connectivity index (χ2n) is 5.95. The van der Waals surface area contributed by atoms with Crippen LogP contribution in [0.3, 0.4) is 0 Å². The fraction of sp³-hybridized carbons (Fsp3) is 0.222. The van der Waals surface area contributed by atoms with Gasteiger partial charge in [0.1, 0.15) is 6.04 Å². The van der Waals surface area contributed by atoms with Gasteiger partial charge in [0.25, 0.3) is 0 Å². The monoisotopic (exact) mass is 425 g/mol. The normalized spacial score (nSPS) is 12.3. The predicted molar refractivity (Wildman–Crippen MR) is 105 cm³/mol. The van der Waals surface area contributed by atoms with E-state index < -0.39 is 28.1 Å². The maximum absolute atomic E-state index is 12.9. The zero-order valence-electron chi connectivity index (χ0n) is 14.8. The largest absolute Gasteiger partial charge is 0.480 e. The van der Waals surface area contributed by atoms with Gasteiger partial charge >= 0.3 is 12.0 Å². The Balaban J connectivity index is 2.28. The first-order chi connectivity index (χ1) is 13.2. The van der Waals surface area contributed by atoms with Gasteiger partial charge in [0.05, 0.1) is 4.90 Å².